The molecule has 0 aliphatic carbocycles. The van der Waals surface area contributed by atoms with Gasteiger partial charge in [0.1, 0.15) is 0 Å². The number of ether oxygens (including phenoxy) is 2. The highest BCUT2D eigenvalue weighted by Gasteiger charge is 2.12. The van der Waals surface area contributed by atoms with Crippen LogP contribution in [0.4, 0.5) is 5.13 Å². The maximum Gasteiger partial charge on any atom is 0.257 e. The van der Waals surface area contributed by atoms with E-state index in [9.17, 15) is 4.79 Å². The van der Waals surface area contributed by atoms with E-state index in [1.807, 2.05) is 64.8 Å². The van der Waals surface area contributed by atoms with Crippen LogP contribution in [-0.4, -0.2) is 29.7 Å². The first-order valence-corrected chi connectivity index (χ1v) is 9.78. The molecule has 4 rings (SSSR count). The van der Waals surface area contributed by atoms with Crippen LogP contribution >= 0.6 is 11.3 Å². The van der Waals surface area contributed by atoms with Gasteiger partial charge in [0.05, 0.1) is 19.9 Å². The summed E-state index contributed by atoms with van der Waals surface area (Å²) in [6.07, 6.45) is 3.92. The number of hydrogen-bond donors (Lipinski definition) is 1. The van der Waals surface area contributed by atoms with Gasteiger partial charge in [-0.25, -0.2) is 4.98 Å². The fourth-order valence-corrected chi connectivity index (χ4v) is 3.63. The predicted molar refractivity (Wildman–Crippen MR) is 114 cm³/mol. The van der Waals surface area contributed by atoms with E-state index < -0.39 is 0 Å². The standard InChI is InChI=1S/C22H19N3O3S/c1-27-19-10-7-16(13-20(19)28-2)18-14-29-22(23-18)24-21(26)15-5-8-17(9-6-15)25-11-3-4-12-25/h3-14H,1-2H3,(H,23,24,26). The number of hydrogen-bond acceptors (Lipinski definition) is 5. The van der Waals surface area contributed by atoms with Crippen LogP contribution < -0.4 is 14.8 Å². The van der Waals surface area contributed by atoms with Gasteiger partial charge in [0.25, 0.3) is 5.91 Å². The summed E-state index contributed by atoms with van der Waals surface area (Å²) < 4.78 is 12.6. The molecule has 0 atom stereocenters. The highest BCUT2D eigenvalue weighted by molar-refractivity contribution is 7.14. The molecule has 0 aliphatic rings. The van der Waals surface area contributed by atoms with E-state index in [0.717, 1.165) is 16.9 Å². The summed E-state index contributed by atoms with van der Waals surface area (Å²) in [5.41, 5.74) is 3.21. The lowest BCUT2D eigenvalue weighted by Crippen LogP contribution is -2.11. The molecule has 1 amide bonds. The Morgan fingerprint density at radius 2 is 1.72 bits per heavy atom. The van der Waals surface area contributed by atoms with Gasteiger partial charge in [0.2, 0.25) is 0 Å². The topological polar surface area (TPSA) is 65.4 Å². The Kier molecular flexibility index (Phi) is 5.31. The zero-order chi connectivity index (χ0) is 20.2. The van der Waals surface area contributed by atoms with Gasteiger partial charge in [-0.15, -0.1) is 11.3 Å². The molecular formula is C22H19N3O3S. The van der Waals surface area contributed by atoms with Crippen molar-refractivity contribution in [3.8, 4) is 28.4 Å². The Bertz CT molecular complexity index is 1120. The molecule has 0 saturated carbocycles. The average molecular weight is 405 g/mol. The van der Waals surface area contributed by atoms with E-state index in [2.05, 4.69) is 10.3 Å². The number of benzene rings is 2. The van der Waals surface area contributed by atoms with Crippen LogP contribution in [0.1, 0.15) is 10.4 Å². The van der Waals surface area contributed by atoms with Crippen LogP contribution in [0.15, 0.2) is 72.4 Å². The molecule has 0 unspecified atom stereocenters. The van der Waals surface area contributed by atoms with E-state index in [1.165, 1.54) is 11.3 Å². The first kappa shape index (κ1) is 18.8. The van der Waals surface area contributed by atoms with Crippen LogP contribution in [-0.2, 0) is 0 Å². The van der Waals surface area contributed by atoms with Gasteiger partial charge in [0.15, 0.2) is 16.6 Å². The van der Waals surface area contributed by atoms with Gasteiger partial charge < -0.3 is 14.0 Å². The molecule has 0 radical (unpaired) electrons. The normalized spacial score (nSPS) is 10.6. The predicted octanol–water partition coefficient (Wildman–Crippen LogP) is 4.87. The Balaban J connectivity index is 1.48. The van der Waals surface area contributed by atoms with Gasteiger partial charge in [-0.3, -0.25) is 10.1 Å². The minimum absolute atomic E-state index is 0.197. The number of thiazole rings is 1. The van der Waals surface area contributed by atoms with Crippen molar-refractivity contribution in [2.24, 2.45) is 0 Å². The molecule has 2 heterocycles. The van der Waals surface area contributed by atoms with Crippen LogP contribution in [0.3, 0.4) is 0 Å². The number of carbonyl (C=O) groups excluding carboxylic acids is 1. The largest absolute Gasteiger partial charge is 0.493 e. The number of nitrogens with one attached hydrogen (secondary N) is 1. The van der Waals surface area contributed by atoms with E-state index in [1.54, 1.807) is 26.4 Å². The molecule has 1 N–H and O–H groups in total. The second-order valence-electron chi connectivity index (χ2n) is 6.20. The number of aromatic nitrogens is 2. The second kappa shape index (κ2) is 8.20. The molecule has 29 heavy (non-hydrogen) atoms. The molecular weight excluding hydrogens is 386 g/mol. The lowest BCUT2D eigenvalue weighted by molar-refractivity contribution is 0.102. The van der Waals surface area contributed by atoms with Crippen molar-refractivity contribution in [2.45, 2.75) is 0 Å². The minimum atomic E-state index is -0.197. The molecule has 0 aliphatic heterocycles. The van der Waals surface area contributed by atoms with Crippen molar-refractivity contribution >= 4 is 22.4 Å². The fourth-order valence-electron chi connectivity index (χ4n) is 2.92. The highest BCUT2D eigenvalue weighted by Crippen LogP contribution is 2.33. The molecule has 0 spiro atoms. The van der Waals surface area contributed by atoms with E-state index in [4.69, 9.17) is 9.47 Å². The van der Waals surface area contributed by atoms with Crippen LogP contribution in [0.2, 0.25) is 0 Å². The molecule has 2 aromatic heterocycles. The monoisotopic (exact) mass is 405 g/mol. The third-order valence-corrected chi connectivity index (χ3v) is 5.19. The maximum absolute atomic E-state index is 12.6. The zero-order valence-electron chi connectivity index (χ0n) is 16.0. The molecule has 0 saturated heterocycles. The Hall–Kier alpha value is -3.58. The number of nitrogens with zero attached hydrogens (tertiary/aromatic N) is 2. The molecule has 0 fully saturated rings. The summed E-state index contributed by atoms with van der Waals surface area (Å²) in [5.74, 6) is 1.09. The smallest absolute Gasteiger partial charge is 0.257 e. The second-order valence-corrected chi connectivity index (χ2v) is 7.06. The quantitative estimate of drug-likeness (QED) is 0.497. The molecule has 4 aromatic rings. The SMILES string of the molecule is COc1ccc(-c2csc(NC(=O)c3ccc(-n4cccc4)cc3)n2)cc1OC. The highest BCUT2D eigenvalue weighted by atomic mass is 32.1. The molecule has 6 nitrogen and oxygen atoms in total. The Morgan fingerprint density at radius 1 is 1.00 bits per heavy atom. The summed E-state index contributed by atoms with van der Waals surface area (Å²) in [7, 11) is 3.19. The van der Waals surface area contributed by atoms with E-state index in [-0.39, 0.29) is 5.91 Å². The zero-order valence-corrected chi connectivity index (χ0v) is 16.8. The Morgan fingerprint density at radius 3 is 2.41 bits per heavy atom. The van der Waals surface area contributed by atoms with Crippen molar-refractivity contribution in [2.75, 3.05) is 19.5 Å². The number of methoxy groups -OCH3 is 2. The molecule has 0 bridgehead atoms. The van der Waals surface area contributed by atoms with Gasteiger partial charge in [-0.05, 0) is 54.6 Å². The van der Waals surface area contributed by atoms with Gasteiger partial charge in [-0.2, -0.15) is 0 Å². The number of carbonyl (C=O) groups is 1. The first-order valence-electron chi connectivity index (χ1n) is 8.90. The van der Waals surface area contributed by atoms with Crippen molar-refractivity contribution in [1.29, 1.82) is 0 Å². The lowest BCUT2D eigenvalue weighted by Gasteiger charge is -2.08. The van der Waals surface area contributed by atoms with Crippen molar-refractivity contribution < 1.29 is 14.3 Å². The van der Waals surface area contributed by atoms with Crippen molar-refractivity contribution in [1.82, 2.24) is 9.55 Å². The van der Waals surface area contributed by atoms with Gasteiger partial charge >= 0.3 is 0 Å². The van der Waals surface area contributed by atoms with Gasteiger partial charge in [0, 0.05) is 34.6 Å². The number of anilines is 1. The lowest BCUT2D eigenvalue weighted by atomic mass is 10.1. The minimum Gasteiger partial charge on any atom is -0.493 e. The van der Waals surface area contributed by atoms with Crippen molar-refractivity contribution in [3.05, 3.63) is 77.9 Å². The molecule has 146 valence electrons. The van der Waals surface area contributed by atoms with E-state index in [0.29, 0.717) is 22.2 Å². The summed E-state index contributed by atoms with van der Waals surface area (Å²) in [6.45, 7) is 0. The van der Waals surface area contributed by atoms with Crippen molar-refractivity contribution in [3.63, 3.8) is 0 Å². The fraction of sp³-hybridized carbons (Fsp3) is 0.0909. The third-order valence-electron chi connectivity index (χ3n) is 4.44. The van der Waals surface area contributed by atoms with E-state index >= 15 is 0 Å². The maximum atomic E-state index is 12.6. The summed E-state index contributed by atoms with van der Waals surface area (Å²) in [6, 6.07) is 16.9. The van der Waals surface area contributed by atoms with Crippen LogP contribution in [0.5, 0.6) is 11.5 Å². The summed E-state index contributed by atoms with van der Waals surface area (Å²) >= 11 is 1.37. The molecule has 7 heteroatoms. The molecule has 2 aromatic carbocycles. The first-order chi connectivity index (χ1) is 14.2. The van der Waals surface area contributed by atoms with Crippen LogP contribution in [0, 0.1) is 0 Å². The Labute approximate surface area is 172 Å². The summed E-state index contributed by atoms with van der Waals surface area (Å²) in [4.78, 5) is 17.1. The van der Waals surface area contributed by atoms with Crippen LogP contribution in [0.25, 0.3) is 16.9 Å². The summed E-state index contributed by atoms with van der Waals surface area (Å²) in [5, 5.41) is 5.29. The van der Waals surface area contributed by atoms with Gasteiger partial charge in [-0.1, -0.05) is 0 Å². The average Bonchev–Trinajstić information content (AvgIpc) is 3.46. The number of rotatable bonds is 6. The third kappa shape index (κ3) is 4.00. The number of amides is 1.